The van der Waals surface area contributed by atoms with Gasteiger partial charge in [0.05, 0.1) is 19.8 Å². The molecule has 156 valence electrons. The minimum atomic E-state index is -0.201. The molecular weight excluding hydrogens is 398 g/mol. The Labute approximate surface area is 181 Å². The predicted molar refractivity (Wildman–Crippen MR) is 120 cm³/mol. The molecule has 0 unspecified atom stereocenters. The fourth-order valence-corrected chi connectivity index (χ4v) is 3.83. The number of aromatic nitrogens is 2. The molecule has 1 aromatic carbocycles. The molecule has 0 saturated carbocycles. The van der Waals surface area contributed by atoms with E-state index >= 15 is 0 Å². The topological polar surface area (TPSA) is 73.3 Å². The molecule has 0 bridgehead atoms. The molecule has 3 aromatic rings. The van der Waals surface area contributed by atoms with Crippen molar-refractivity contribution in [1.82, 2.24) is 9.97 Å². The first-order valence-electron chi connectivity index (χ1n) is 9.57. The lowest BCUT2D eigenvalue weighted by molar-refractivity contribution is 0.102. The molecule has 2 aromatic heterocycles. The normalized spacial score (nSPS) is 10.7. The first kappa shape index (κ1) is 21.6. The molecule has 1 N–H and O–H groups in total. The molecule has 6 nitrogen and oxygen atoms in total. The van der Waals surface area contributed by atoms with E-state index in [9.17, 15) is 4.79 Å². The highest BCUT2D eigenvalue weighted by molar-refractivity contribution is 7.98. The highest BCUT2D eigenvalue weighted by atomic mass is 32.2. The van der Waals surface area contributed by atoms with Gasteiger partial charge in [0.15, 0.2) is 0 Å². The van der Waals surface area contributed by atoms with Crippen molar-refractivity contribution < 1.29 is 14.3 Å². The summed E-state index contributed by atoms with van der Waals surface area (Å²) in [6.07, 6.45) is 3.28. The van der Waals surface area contributed by atoms with Gasteiger partial charge in [-0.2, -0.15) is 0 Å². The number of amides is 1. The molecule has 30 heavy (non-hydrogen) atoms. The van der Waals surface area contributed by atoms with Gasteiger partial charge in [0.2, 0.25) is 0 Å². The summed E-state index contributed by atoms with van der Waals surface area (Å²) in [7, 11) is 3.26. The van der Waals surface area contributed by atoms with E-state index in [0.717, 1.165) is 22.8 Å². The molecule has 0 spiro atoms. The van der Waals surface area contributed by atoms with Crippen LogP contribution in [0.25, 0.3) is 0 Å². The Hall–Kier alpha value is -3.06. The van der Waals surface area contributed by atoms with Crippen molar-refractivity contribution >= 4 is 23.4 Å². The zero-order valence-electron chi connectivity index (χ0n) is 17.5. The van der Waals surface area contributed by atoms with Gasteiger partial charge in [-0.3, -0.25) is 9.78 Å². The highest BCUT2D eigenvalue weighted by Crippen LogP contribution is 2.32. The zero-order valence-corrected chi connectivity index (χ0v) is 18.3. The number of ether oxygens (including phenoxy) is 2. The van der Waals surface area contributed by atoms with Crippen LogP contribution in [-0.2, 0) is 5.75 Å². The fraction of sp³-hybridized carbons (Fsp3) is 0.261. The van der Waals surface area contributed by atoms with Gasteiger partial charge in [-0.25, -0.2) is 4.98 Å². The summed E-state index contributed by atoms with van der Waals surface area (Å²) in [5, 5.41) is 3.60. The minimum absolute atomic E-state index is 0.201. The Morgan fingerprint density at radius 2 is 1.83 bits per heavy atom. The molecule has 0 aliphatic heterocycles. The summed E-state index contributed by atoms with van der Waals surface area (Å²) >= 11 is 1.51. The van der Waals surface area contributed by atoms with Gasteiger partial charge in [0, 0.05) is 41.2 Å². The number of hydrogen-bond donors (Lipinski definition) is 1. The van der Waals surface area contributed by atoms with E-state index in [1.807, 2.05) is 30.3 Å². The van der Waals surface area contributed by atoms with Crippen molar-refractivity contribution in [2.45, 2.75) is 30.5 Å². The quantitative estimate of drug-likeness (QED) is 0.505. The second-order valence-electron chi connectivity index (χ2n) is 6.90. The first-order valence-corrected chi connectivity index (χ1v) is 10.6. The van der Waals surface area contributed by atoms with Gasteiger partial charge in [-0.05, 0) is 36.2 Å². The van der Waals surface area contributed by atoms with Gasteiger partial charge >= 0.3 is 0 Å². The Kier molecular flexibility index (Phi) is 7.30. The zero-order chi connectivity index (χ0) is 21.5. The molecule has 3 rings (SSSR count). The Balaban J connectivity index is 1.86. The van der Waals surface area contributed by atoms with E-state index in [1.54, 1.807) is 38.7 Å². The van der Waals surface area contributed by atoms with Crippen molar-refractivity contribution in [3.05, 3.63) is 71.7 Å². The first-order chi connectivity index (χ1) is 14.5. The van der Waals surface area contributed by atoms with Crippen LogP contribution in [0.1, 0.15) is 41.4 Å². The Bertz CT molecular complexity index is 1010. The van der Waals surface area contributed by atoms with E-state index in [2.05, 4.69) is 24.1 Å². The second-order valence-corrected chi connectivity index (χ2v) is 7.86. The summed E-state index contributed by atoms with van der Waals surface area (Å²) in [6, 6.07) is 13.0. The van der Waals surface area contributed by atoms with E-state index in [-0.39, 0.29) is 11.8 Å². The molecule has 1 amide bonds. The summed E-state index contributed by atoms with van der Waals surface area (Å²) in [4.78, 5) is 21.6. The van der Waals surface area contributed by atoms with Gasteiger partial charge in [-0.1, -0.05) is 19.9 Å². The van der Waals surface area contributed by atoms with E-state index in [4.69, 9.17) is 14.5 Å². The molecule has 0 radical (unpaired) electrons. The lowest BCUT2D eigenvalue weighted by Crippen LogP contribution is -2.14. The standard InChI is InChI=1S/C23H25N3O3S/c1-15(2)20-8-7-19(22(27)25-17-9-11-24-12-10-17)23(26-20)30-14-16-5-6-18(28-3)13-21(16)29-4/h5-13,15H,14H2,1-4H3,(H,24,25,27). The summed E-state index contributed by atoms with van der Waals surface area (Å²) in [6.45, 7) is 4.17. The smallest absolute Gasteiger partial charge is 0.258 e. The van der Waals surface area contributed by atoms with E-state index < -0.39 is 0 Å². The fourth-order valence-electron chi connectivity index (χ4n) is 2.81. The summed E-state index contributed by atoms with van der Waals surface area (Å²) in [5.74, 6) is 2.14. The maximum absolute atomic E-state index is 12.9. The van der Waals surface area contributed by atoms with E-state index in [1.165, 1.54) is 11.8 Å². The average molecular weight is 424 g/mol. The van der Waals surface area contributed by atoms with Crippen molar-refractivity contribution in [1.29, 1.82) is 0 Å². The number of anilines is 1. The number of pyridine rings is 2. The number of nitrogens with one attached hydrogen (secondary N) is 1. The van der Waals surface area contributed by atoms with Crippen LogP contribution in [0.4, 0.5) is 5.69 Å². The average Bonchev–Trinajstić information content (AvgIpc) is 2.77. The van der Waals surface area contributed by atoms with Crippen LogP contribution < -0.4 is 14.8 Å². The molecule has 2 heterocycles. The van der Waals surface area contributed by atoms with Crippen molar-refractivity contribution in [2.75, 3.05) is 19.5 Å². The summed E-state index contributed by atoms with van der Waals surface area (Å²) < 4.78 is 10.8. The highest BCUT2D eigenvalue weighted by Gasteiger charge is 2.17. The molecule has 0 fully saturated rings. The number of nitrogens with zero attached hydrogens (tertiary/aromatic N) is 2. The third-order valence-electron chi connectivity index (χ3n) is 4.51. The van der Waals surface area contributed by atoms with Crippen LogP contribution in [0.3, 0.4) is 0 Å². The van der Waals surface area contributed by atoms with E-state index in [0.29, 0.717) is 22.0 Å². The molecule has 0 atom stereocenters. The second kappa shape index (κ2) is 10.1. The number of hydrogen-bond acceptors (Lipinski definition) is 6. The third-order valence-corrected chi connectivity index (χ3v) is 5.55. The number of carbonyl (C=O) groups is 1. The van der Waals surface area contributed by atoms with Crippen LogP contribution in [0.2, 0.25) is 0 Å². The lowest BCUT2D eigenvalue weighted by Gasteiger charge is -2.14. The van der Waals surface area contributed by atoms with Crippen LogP contribution >= 0.6 is 11.8 Å². The molecule has 0 saturated heterocycles. The SMILES string of the molecule is COc1ccc(CSc2nc(C(C)C)ccc2C(=O)Nc2ccncc2)c(OC)c1. The van der Waals surface area contributed by atoms with Gasteiger partial charge < -0.3 is 14.8 Å². The molecular formula is C23H25N3O3S. The van der Waals surface area contributed by atoms with Crippen LogP contribution in [0.5, 0.6) is 11.5 Å². The number of rotatable bonds is 8. The number of carbonyl (C=O) groups excluding carboxylic acids is 1. The number of benzene rings is 1. The Morgan fingerprint density at radius 3 is 2.50 bits per heavy atom. The van der Waals surface area contributed by atoms with Gasteiger partial charge in [0.25, 0.3) is 5.91 Å². The molecule has 7 heteroatoms. The van der Waals surface area contributed by atoms with Gasteiger partial charge in [-0.15, -0.1) is 11.8 Å². The number of methoxy groups -OCH3 is 2. The van der Waals surface area contributed by atoms with Crippen LogP contribution in [-0.4, -0.2) is 30.1 Å². The largest absolute Gasteiger partial charge is 0.497 e. The maximum Gasteiger partial charge on any atom is 0.258 e. The molecule has 0 aliphatic carbocycles. The number of thioether (sulfide) groups is 1. The van der Waals surface area contributed by atoms with Crippen LogP contribution in [0, 0.1) is 0 Å². The van der Waals surface area contributed by atoms with Crippen LogP contribution in [0.15, 0.2) is 59.9 Å². The monoisotopic (exact) mass is 423 g/mol. The Morgan fingerprint density at radius 1 is 1.07 bits per heavy atom. The van der Waals surface area contributed by atoms with Crippen molar-refractivity contribution in [3.63, 3.8) is 0 Å². The van der Waals surface area contributed by atoms with Crippen molar-refractivity contribution in [2.24, 2.45) is 0 Å². The lowest BCUT2D eigenvalue weighted by atomic mass is 10.1. The third kappa shape index (κ3) is 5.30. The van der Waals surface area contributed by atoms with Crippen molar-refractivity contribution in [3.8, 4) is 11.5 Å². The predicted octanol–water partition coefficient (Wildman–Crippen LogP) is 5.16. The minimum Gasteiger partial charge on any atom is -0.497 e. The van der Waals surface area contributed by atoms with Gasteiger partial charge in [0.1, 0.15) is 16.5 Å². The summed E-state index contributed by atoms with van der Waals surface area (Å²) in [5.41, 5.74) is 3.17. The molecule has 0 aliphatic rings. The maximum atomic E-state index is 12.9.